The molecule has 3 heteroatoms. The van der Waals surface area contributed by atoms with Crippen LogP contribution in [0.1, 0.15) is 38.4 Å². The van der Waals surface area contributed by atoms with Gasteiger partial charge >= 0.3 is 0 Å². The first kappa shape index (κ1) is 10.9. The number of hydrogen-bond donors (Lipinski definition) is 1. The molecule has 84 valence electrons. The lowest BCUT2D eigenvalue weighted by Gasteiger charge is -2.08. The molecule has 1 unspecified atom stereocenters. The van der Waals surface area contributed by atoms with E-state index < -0.39 is 0 Å². The molecule has 3 nitrogen and oxygen atoms in total. The van der Waals surface area contributed by atoms with E-state index in [4.69, 9.17) is 0 Å². The molecule has 0 aliphatic heterocycles. The van der Waals surface area contributed by atoms with Gasteiger partial charge in [-0.15, -0.1) is 0 Å². The number of nitrogens with zero attached hydrogens (tertiary/aromatic N) is 1. The van der Waals surface area contributed by atoms with Crippen LogP contribution in [0.25, 0.3) is 11.0 Å². The van der Waals surface area contributed by atoms with Gasteiger partial charge in [0, 0.05) is 12.3 Å². The highest BCUT2D eigenvalue weighted by Crippen LogP contribution is 2.23. The summed E-state index contributed by atoms with van der Waals surface area (Å²) in [6.07, 6.45) is 1.50. The average molecular weight is 216 g/mol. The number of nitrogens with one attached hydrogen (secondary N) is 1. The van der Waals surface area contributed by atoms with E-state index in [9.17, 15) is 4.79 Å². The van der Waals surface area contributed by atoms with Crippen LogP contribution in [0.5, 0.6) is 0 Å². The van der Waals surface area contributed by atoms with Gasteiger partial charge in [0.05, 0.1) is 11.0 Å². The second-order valence-corrected chi connectivity index (χ2v) is 4.15. The summed E-state index contributed by atoms with van der Waals surface area (Å²) in [7, 11) is 0. The van der Waals surface area contributed by atoms with Gasteiger partial charge in [-0.25, -0.2) is 4.98 Å². The third kappa shape index (κ3) is 2.13. The van der Waals surface area contributed by atoms with E-state index in [1.165, 1.54) is 0 Å². The Morgan fingerprint density at radius 2 is 2.19 bits per heavy atom. The molecule has 0 spiro atoms. The summed E-state index contributed by atoms with van der Waals surface area (Å²) in [5.41, 5.74) is 2.01. The van der Waals surface area contributed by atoms with Crippen molar-refractivity contribution in [1.82, 2.24) is 9.97 Å². The van der Waals surface area contributed by atoms with E-state index in [1.807, 2.05) is 24.3 Å². The fourth-order valence-electron chi connectivity index (χ4n) is 1.95. The fourth-order valence-corrected chi connectivity index (χ4v) is 1.95. The first-order valence-electron chi connectivity index (χ1n) is 5.64. The van der Waals surface area contributed by atoms with Gasteiger partial charge in [-0.2, -0.15) is 0 Å². The summed E-state index contributed by atoms with van der Waals surface area (Å²) in [4.78, 5) is 19.0. The Morgan fingerprint density at radius 3 is 2.81 bits per heavy atom. The minimum atomic E-state index is 0.213. The van der Waals surface area contributed by atoms with Gasteiger partial charge in [-0.1, -0.05) is 19.1 Å². The van der Waals surface area contributed by atoms with Crippen LogP contribution in [-0.4, -0.2) is 15.8 Å². The van der Waals surface area contributed by atoms with Crippen molar-refractivity contribution in [2.45, 2.75) is 32.6 Å². The monoisotopic (exact) mass is 216 g/mol. The standard InChI is InChI=1S/C13H16N2O/c1-3-10(8-9(2)16)13-14-11-6-4-5-7-12(11)15-13/h4-7,10H,3,8H2,1-2H3,(H,14,15). The van der Waals surface area contributed by atoms with Crippen LogP contribution in [0.15, 0.2) is 24.3 Å². The van der Waals surface area contributed by atoms with Crippen LogP contribution in [0.2, 0.25) is 0 Å². The van der Waals surface area contributed by atoms with E-state index in [0.717, 1.165) is 23.3 Å². The summed E-state index contributed by atoms with van der Waals surface area (Å²) in [5.74, 6) is 1.36. The number of para-hydroxylation sites is 2. The maximum absolute atomic E-state index is 11.2. The summed E-state index contributed by atoms with van der Waals surface area (Å²) in [6.45, 7) is 3.71. The zero-order valence-electron chi connectivity index (χ0n) is 9.66. The van der Waals surface area contributed by atoms with Crippen LogP contribution in [0, 0.1) is 0 Å². The molecule has 1 atom stereocenters. The zero-order chi connectivity index (χ0) is 11.5. The lowest BCUT2D eigenvalue weighted by Crippen LogP contribution is -2.04. The minimum Gasteiger partial charge on any atom is -0.342 e. The molecule has 1 N–H and O–H groups in total. The number of aromatic amines is 1. The van der Waals surface area contributed by atoms with Crippen molar-refractivity contribution in [3.63, 3.8) is 0 Å². The Kier molecular flexibility index (Phi) is 3.04. The Labute approximate surface area is 94.9 Å². The normalized spacial score (nSPS) is 12.9. The summed E-state index contributed by atoms with van der Waals surface area (Å²) in [5, 5.41) is 0. The number of hydrogen-bond acceptors (Lipinski definition) is 2. The number of aromatic nitrogens is 2. The van der Waals surface area contributed by atoms with Gasteiger partial charge in [0.1, 0.15) is 11.6 Å². The highest BCUT2D eigenvalue weighted by atomic mass is 16.1. The number of imidazole rings is 1. The Morgan fingerprint density at radius 1 is 1.44 bits per heavy atom. The van der Waals surface area contributed by atoms with Crippen LogP contribution < -0.4 is 0 Å². The molecular formula is C13H16N2O. The van der Waals surface area contributed by atoms with Crippen molar-refractivity contribution in [2.75, 3.05) is 0 Å². The highest BCUT2D eigenvalue weighted by Gasteiger charge is 2.15. The van der Waals surface area contributed by atoms with E-state index in [2.05, 4.69) is 16.9 Å². The fraction of sp³-hybridized carbons (Fsp3) is 0.385. The molecule has 16 heavy (non-hydrogen) atoms. The van der Waals surface area contributed by atoms with Crippen LogP contribution >= 0.6 is 0 Å². The molecule has 2 rings (SSSR count). The maximum Gasteiger partial charge on any atom is 0.130 e. The van der Waals surface area contributed by atoms with Gasteiger partial charge in [0.2, 0.25) is 0 Å². The predicted octanol–water partition coefficient (Wildman–Crippen LogP) is 3.04. The molecule has 0 aliphatic carbocycles. The molecule has 2 aromatic rings. The molecule has 0 bridgehead atoms. The third-order valence-electron chi connectivity index (χ3n) is 2.82. The van der Waals surface area contributed by atoms with Crippen molar-refractivity contribution in [3.8, 4) is 0 Å². The zero-order valence-corrected chi connectivity index (χ0v) is 9.66. The number of ketones is 1. The topological polar surface area (TPSA) is 45.8 Å². The van der Waals surface area contributed by atoms with E-state index in [1.54, 1.807) is 6.92 Å². The number of Topliss-reactive ketones (excluding diaryl/α,β-unsaturated/α-hetero) is 1. The summed E-state index contributed by atoms with van der Waals surface area (Å²) < 4.78 is 0. The van der Waals surface area contributed by atoms with E-state index >= 15 is 0 Å². The average Bonchev–Trinajstić information content (AvgIpc) is 2.68. The maximum atomic E-state index is 11.2. The molecule has 0 saturated heterocycles. The second kappa shape index (κ2) is 4.47. The largest absolute Gasteiger partial charge is 0.342 e. The molecule has 0 fully saturated rings. The van der Waals surface area contributed by atoms with Crippen molar-refractivity contribution in [3.05, 3.63) is 30.1 Å². The molecular weight excluding hydrogens is 200 g/mol. The lowest BCUT2D eigenvalue weighted by molar-refractivity contribution is -0.117. The van der Waals surface area contributed by atoms with Crippen molar-refractivity contribution in [2.24, 2.45) is 0 Å². The number of carbonyl (C=O) groups is 1. The van der Waals surface area contributed by atoms with Gasteiger partial charge in [0.15, 0.2) is 0 Å². The number of H-pyrrole nitrogens is 1. The quantitative estimate of drug-likeness (QED) is 0.853. The summed E-state index contributed by atoms with van der Waals surface area (Å²) >= 11 is 0. The smallest absolute Gasteiger partial charge is 0.130 e. The molecule has 1 aromatic heterocycles. The van der Waals surface area contributed by atoms with Crippen LogP contribution in [0.4, 0.5) is 0 Å². The Balaban J connectivity index is 2.34. The number of benzene rings is 1. The molecule has 0 saturated carbocycles. The van der Waals surface area contributed by atoms with Crippen LogP contribution in [-0.2, 0) is 4.79 Å². The van der Waals surface area contributed by atoms with E-state index in [-0.39, 0.29) is 11.7 Å². The molecule has 1 aromatic carbocycles. The van der Waals surface area contributed by atoms with Crippen molar-refractivity contribution in [1.29, 1.82) is 0 Å². The van der Waals surface area contributed by atoms with Gasteiger partial charge < -0.3 is 9.78 Å². The highest BCUT2D eigenvalue weighted by molar-refractivity contribution is 5.77. The molecule has 0 amide bonds. The van der Waals surface area contributed by atoms with Crippen LogP contribution in [0.3, 0.4) is 0 Å². The predicted molar refractivity (Wildman–Crippen MR) is 64.4 cm³/mol. The number of carbonyl (C=O) groups excluding carboxylic acids is 1. The number of rotatable bonds is 4. The lowest BCUT2D eigenvalue weighted by atomic mass is 10.00. The second-order valence-electron chi connectivity index (χ2n) is 4.15. The van der Waals surface area contributed by atoms with Crippen molar-refractivity contribution < 1.29 is 4.79 Å². The Hall–Kier alpha value is -1.64. The summed E-state index contributed by atoms with van der Waals surface area (Å²) in [6, 6.07) is 7.94. The molecule has 1 heterocycles. The third-order valence-corrected chi connectivity index (χ3v) is 2.82. The Bertz CT molecular complexity index is 468. The molecule has 0 aliphatic rings. The van der Waals surface area contributed by atoms with Gasteiger partial charge in [-0.05, 0) is 25.5 Å². The molecule has 0 radical (unpaired) electrons. The first-order valence-corrected chi connectivity index (χ1v) is 5.64. The van der Waals surface area contributed by atoms with Gasteiger partial charge in [0.25, 0.3) is 0 Å². The van der Waals surface area contributed by atoms with Gasteiger partial charge in [-0.3, -0.25) is 0 Å². The first-order chi connectivity index (χ1) is 7.70. The van der Waals surface area contributed by atoms with E-state index in [0.29, 0.717) is 6.42 Å². The number of fused-ring (bicyclic) bond motifs is 1. The van der Waals surface area contributed by atoms with Crippen molar-refractivity contribution >= 4 is 16.8 Å². The SMILES string of the molecule is CCC(CC(C)=O)c1nc2ccccc2[nH]1. The minimum absolute atomic E-state index is 0.213.